The van der Waals surface area contributed by atoms with Crippen molar-refractivity contribution in [3.63, 3.8) is 0 Å². The molecule has 0 aromatic heterocycles. The Hall–Kier alpha value is -1.85. The van der Waals surface area contributed by atoms with Crippen molar-refractivity contribution in [2.45, 2.75) is 333 Å². The number of allylic oxidation sites excluding steroid dienone is 7. The first-order chi connectivity index (χ1) is 35.3. The predicted molar refractivity (Wildman–Crippen MR) is 304 cm³/mol. The molecular weight excluding hydrogens is 899 g/mol. The van der Waals surface area contributed by atoms with Crippen molar-refractivity contribution < 1.29 is 39.8 Å². The monoisotopic (exact) mass is 1020 g/mol. The number of hydrogen-bond acceptors (Lipinski definition) is 8. The summed E-state index contributed by atoms with van der Waals surface area (Å²) in [5.74, 6) is -0.198. The average Bonchev–Trinajstić information content (AvgIpc) is 3.38. The highest BCUT2D eigenvalue weighted by atomic mass is 16.7. The van der Waals surface area contributed by atoms with Gasteiger partial charge in [0, 0.05) is 6.42 Å². The van der Waals surface area contributed by atoms with Gasteiger partial charge in [0.15, 0.2) is 6.29 Å². The molecule has 1 aliphatic heterocycles. The zero-order valence-corrected chi connectivity index (χ0v) is 46.9. The third kappa shape index (κ3) is 41.4. The van der Waals surface area contributed by atoms with Gasteiger partial charge in [0.05, 0.1) is 25.4 Å². The standard InChI is InChI=1S/C63H117NO8/c1-3-5-7-9-11-13-15-17-19-21-22-23-24-25-26-27-28-29-30-31-32-33-34-35-36-37-38-40-42-44-46-48-50-52-57(66)56(55-71-63-62(70)61(69)60(68)58(54-65)72-63)64-59(67)53-51-49-47-45-43-41-39-20-18-16-14-12-10-8-6-4-2/h20,36-37,39,42,44,50,52,56-58,60-63,65-66,68-70H,3-19,21-35,38,40-41,43,45-49,51,53-55H2,1-2H3,(H,64,67)/b37-36+,39-20-,44-42+,52-50+. The van der Waals surface area contributed by atoms with Crippen LogP contribution in [0.4, 0.5) is 0 Å². The largest absolute Gasteiger partial charge is 0.394 e. The van der Waals surface area contributed by atoms with Crippen LogP contribution in [0.3, 0.4) is 0 Å². The molecule has 7 atom stereocenters. The van der Waals surface area contributed by atoms with Gasteiger partial charge in [-0.25, -0.2) is 0 Å². The Morgan fingerprint density at radius 3 is 1.17 bits per heavy atom. The van der Waals surface area contributed by atoms with Crippen molar-refractivity contribution in [1.29, 1.82) is 0 Å². The molecule has 0 radical (unpaired) electrons. The molecule has 72 heavy (non-hydrogen) atoms. The number of carbonyl (C=O) groups excluding carboxylic acids is 1. The van der Waals surface area contributed by atoms with Crippen LogP contribution in [-0.2, 0) is 14.3 Å². The molecule has 422 valence electrons. The molecule has 1 aliphatic rings. The van der Waals surface area contributed by atoms with Gasteiger partial charge in [-0.3, -0.25) is 4.79 Å². The van der Waals surface area contributed by atoms with Crippen molar-refractivity contribution in [2.75, 3.05) is 13.2 Å². The minimum Gasteiger partial charge on any atom is -0.394 e. The number of unbranched alkanes of at least 4 members (excludes halogenated alkanes) is 37. The van der Waals surface area contributed by atoms with Gasteiger partial charge in [-0.15, -0.1) is 0 Å². The van der Waals surface area contributed by atoms with E-state index in [0.29, 0.717) is 6.42 Å². The van der Waals surface area contributed by atoms with Crippen LogP contribution in [0, 0.1) is 0 Å². The predicted octanol–water partition coefficient (Wildman–Crippen LogP) is 15.7. The second-order valence-corrected chi connectivity index (χ2v) is 21.5. The lowest BCUT2D eigenvalue weighted by atomic mass is 9.99. The number of aliphatic hydroxyl groups is 5. The quantitative estimate of drug-likeness (QED) is 0.0261. The summed E-state index contributed by atoms with van der Waals surface area (Å²) in [4.78, 5) is 13.0. The molecule has 0 aromatic carbocycles. The van der Waals surface area contributed by atoms with Gasteiger partial charge in [0.25, 0.3) is 0 Å². The fourth-order valence-corrected chi connectivity index (χ4v) is 9.72. The van der Waals surface area contributed by atoms with Gasteiger partial charge in [-0.05, 0) is 70.6 Å². The van der Waals surface area contributed by atoms with E-state index in [4.69, 9.17) is 9.47 Å². The Bertz CT molecular complexity index is 1270. The highest BCUT2D eigenvalue weighted by Crippen LogP contribution is 2.23. The topological polar surface area (TPSA) is 149 Å². The minimum atomic E-state index is -1.58. The Morgan fingerprint density at radius 2 is 0.792 bits per heavy atom. The van der Waals surface area contributed by atoms with Crippen molar-refractivity contribution in [2.24, 2.45) is 0 Å². The van der Waals surface area contributed by atoms with E-state index in [1.165, 1.54) is 205 Å². The lowest BCUT2D eigenvalue weighted by molar-refractivity contribution is -0.302. The zero-order chi connectivity index (χ0) is 52.2. The maximum Gasteiger partial charge on any atom is 0.220 e. The molecular formula is C63H117NO8. The summed E-state index contributed by atoms with van der Waals surface area (Å²) in [5, 5.41) is 54.5. The molecule has 0 aliphatic carbocycles. The summed E-state index contributed by atoms with van der Waals surface area (Å²) < 4.78 is 11.2. The number of ether oxygens (including phenoxy) is 2. The first kappa shape index (κ1) is 68.2. The molecule has 1 heterocycles. The van der Waals surface area contributed by atoms with Crippen LogP contribution in [0.25, 0.3) is 0 Å². The van der Waals surface area contributed by atoms with Gasteiger partial charge < -0.3 is 40.3 Å². The van der Waals surface area contributed by atoms with E-state index >= 15 is 0 Å². The normalized spacial score (nSPS) is 19.5. The molecule has 6 N–H and O–H groups in total. The fraction of sp³-hybridized carbons (Fsp3) is 0.857. The summed E-state index contributed by atoms with van der Waals surface area (Å²) in [5.41, 5.74) is 0. The van der Waals surface area contributed by atoms with E-state index in [0.717, 1.165) is 64.2 Å². The van der Waals surface area contributed by atoms with E-state index < -0.39 is 49.5 Å². The zero-order valence-electron chi connectivity index (χ0n) is 46.9. The van der Waals surface area contributed by atoms with E-state index in [9.17, 15) is 30.3 Å². The van der Waals surface area contributed by atoms with Crippen molar-refractivity contribution in [1.82, 2.24) is 5.32 Å². The van der Waals surface area contributed by atoms with E-state index in [2.05, 4.69) is 55.6 Å². The molecule has 7 unspecified atom stereocenters. The van der Waals surface area contributed by atoms with Crippen LogP contribution in [0.15, 0.2) is 48.6 Å². The lowest BCUT2D eigenvalue weighted by Crippen LogP contribution is -2.60. The molecule has 0 saturated carbocycles. The molecule has 9 nitrogen and oxygen atoms in total. The summed E-state index contributed by atoms with van der Waals surface area (Å²) >= 11 is 0. The van der Waals surface area contributed by atoms with Crippen LogP contribution in [0.2, 0.25) is 0 Å². The fourth-order valence-electron chi connectivity index (χ4n) is 9.72. The van der Waals surface area contributed by atoms with Gasteiger partial charge >= 0.3 is 0 Å². The average molecular weight is 1020 g/mol. The van der Waals surface area contributed by atoms with Gasteiger partial charge in [-0.2, -0.15) is 0 Å². The third-order valence-corrected chi connectivity index (χ3v) is 14.6. The van der Waals surface area contributed by atoms with Crippen LogP contribution >= 0.6 is 0 Å². The van der Waals surface area contributed by atoms with E-state index in [1.54, 1.807) is 6.08 Å². The Balaban J connectivity index is 2.19. The highest BCUT2D eigenvalue weighted by Gasteiger charge is 2.44. The van der Waals surface area contributed by atoms with Crippen LogP contribution in [0.5, 0.6) is 0 Å². The Morgan fingerprint density at radius 1 is 0.458 bits per heavy atom. The number of amides is 1. The van der Waals surface area contributed by atoms with Crippen molar-refractivity contribution in [3.8, 4) is 0 Å². The first-order valence-corrected chi connectivity index (χ1v) is 30.9. The minimum absolute atomic E-state index is 0.198. The van der Waals surface area contributed by atoms with Crippen LogP contribution in [0.1, 0.15) is 290 Å². The van der Waals surface area contributed by atoms with Gasteiger partial charge in [0.1, 0.15) is 24.4 Å². The third-order valence-electron chi connectivity index (χ3n) is 14.6. The maximum atomic E-state index is 13.0. The molecule has 0 bridgehead atoms. The molecule has 1 amide bonds. The molecule has 0 spiro atoms. The number of carbonyl (C=O) groups is 1. The molecule has 9 heteroatoms. The first-order valence-electron chi connectivity index (χ1n) is 30.9. The molecule has 1 rings (SSSR count). The molecule has 1 fully saturated rings. The Labute approximate surface area is 444 Å². The van der Waals surface area contributed by atoms with Crippen molar-refractivity contribution >= 4 is 5.91 Å². The summed E-state index contributed by atoms with van der Waals surface area (Å²) in [6, 6.07) is -0.834. The summed E-state index contributed by atoms with van der Waals surface area (Å²) in [7, 11) is 0. The van der Waals surface area contributed by atoms with Crippen LogP contribution in [-0.4, -0.2) is 87.5 Å². The van der Waals surface area contributed by atoms with Gasteiger partial charge in [0.2, 0.25) is 5.91 Å². The Kier molecular flexibility index (Phi) is 49.8. The number of aliphatic hydroxyl groups excluding tert-OH is 5. The maximum absolute atomic E-state index is 13.0. The van der Waals surface area contributed by atoms with E-state index in [-0.39, 0.29) is 12.5 Å². The van der Waals surface area contributed by atoms with E-state index in [1.807, 2.05) is 6.08 Å². The smallest absolute Gasteiger partial charge is 0.220 e. The second-order valence-electron chi connectivity index (χ2n) is 21.5. The summed E-state index contributed by atoms with van der Waals surface area (Å²) in [6.07, 6.45) is 63.5. The molecule has 0 aromatic rings. The molecule has 1 saturated heterocycles. The number of nitrogens with one attached hydrogen (secondary N) is 1. The highest BCUT2D eigenvalue weighted by molar-refractivity contribution is 5.76. The second kappa shape index (κ2) is 52.6. The summed E-state index contributed by atoms with van der Waals surface area (Å²) in [6.45, 7) is 3.77. The lowest BCUT2D eigenvalue weighted by Gasteiger charge is -2.40. The number of hydrogen-bond donors (Lipinski definition) is 6. The van der Waals surface area contributed by atoms with Crippen LogP contribution < -0.4 is 5.32 Å². The van der Waals surface area contributed by atoms with Gasteiger partial charge in [-0.1, -0.05) is 262 Å². The number of rotatable bonds is 53. The SMILES string of the molecule is CCCCCCCCC/C=C\CCCCCCCC(=O)NC(COC1OC(CO)C(O)C(O)C1O)C(O)/C=C/CC/C=C/CC/C=C/CCCCCCCCCCCCCCCCCCCCCCCCC. The van der Waals surface area contributed by atoms with Crippen molar-refractivity contribution in [3.05, 3.63) is 48.6 Å².